The highest BCUT2D eigenvalue weighted by Gasteiger charge is 2.18. The van der Waals surface area contributed by atoms with Crippen molar-refractivity contribution in [3.63, 3.8) is 0 Å². The molecule has 0 bridgehead atoms. The Kier molecular flexibility index (Phi) is 4.28. The van der Waals surface area contributed by atoms with Crippen LogP contribution in [-0.4, -0.2) is 19.6 Å². The van der Waals surface area contributed by atoms with Gasteiger partial charge in [0.05, 0.1) is 0 Å². The maximum absolute atomic E-state index is 5.79. The first-order chi connectivity index (χ1) is 8.62. The Labute approximate surface area is 111 Å². The van der Waals surface area contributed by atoms with Crippen molar-refractivity contribution in [3.8, 4) is 0 Å². The lowest BCUT2D eigenvalue weighted by Crippen LogP contribution is -2.31. The van der Waals surface area contributed by atoms with Gasteiger partial charge in [-0.2, -0.15) is 0 Å². The van der Waals surface area contributed by atoms with E-state index in [1.54, 1.807) is 0 Å². The van der Waals surface area contributed by atoms with E-state index in [0.717, 1.165) is 6.54 Å². The second kappa shape index (κ2) is 5.75. The van der Waals surface area contributed by atoms with Gasteiger partial charge in [0, 0.05) is 18.8 Å². The fraction of sp³-hybridized carbons (Fsp3) is 0.625. The van der Waals surface area contributed by atoms with Gasteiger partial charge in [0.2, 0.25) is 0 Å². The lowest BCUT2D eigenvalue weighted by Gasteiger charge is -2.32. The Hall–Kier alpha value is -1.02. The first-order valence-electron chi connectivity index (χ1n) is 7.15. The van der Waals surface area contributed by atoms with E-state index in [2.05, 4.69) is 43.0 Å². The Morgan fingerprint density at radius 3 is 2.83 bits per heavy atom. The van der Waals surface area contributed by atoms with Crippen molar-refractivity contribution in [2.24, 2.45) is 11.1 Å². The summed E-state index contributed by atoms with van der Waals surface area (Å²) in [7, 11) is 0. The van der Waals surface area contributed by atoms with Gasteiger partial charge in [-0.25, -0.2) is 0 Å². The maximum Gasteiger partial charge on any atom is 0.0398 e. The van der Waals surface area contributed by atoms with E-state index < -0.39 is 0 Å². The van der Waals surface area contributed by atoms with E-state index in [4.69, 9.17) is 5.73 Å². The summed E-state index contributed by atoms with van der Waals surface area (Å²) >= 11 is 0. The third-order valence-electron chi connectivity index (χ3n) is 4.04. The fourth-order valence-corrected chi connectivity index (χ4v) is 2.69. The molecule has 0 aromatic heterocycles. The van der Waals surface area contributed by atoms with E-state index in [9.17, 15) is 0 Å². The molecular formula is C16H26N2. The van der Waals surface area contributed by atoms with E-state index in [1.165, 1.54) is 50.0 Å². The zero-order valence-corrected chi connectivity index (χ0v) is 11.8. The molecule has 2 N–H and O–H groups in total. The molecule has 0 atom stereocenters. The van der Waals surface area contributed by atoms with Crippen LogP contribution in [0.4, 0.5) is 5.69 Å². The molecular weight excluding hydrogens is 220 g/mol. The van der Waals surface area contributed by atoms with Crippen LogP contribution in [0.25, 0.3) is 0 Å². The summed E-state index contributed by atoms with van der Waals surface area (Å²) in [6.45, 7) is 7.68. The highest BCUT2D eigenvalue weighted by atomic mass is 15.1. The molecule has 2 nitrogen and oxygen atoms in total. The molecule has 0 radical (unpaired) electrons. The fourth-order valence-electron chi connectivity index (χ4n) is 2.69. The summed E-state index contributed by atoms with van der Waals surface area (Å²) in [5.41, 5.74) is 9.04. The Bertz CT molecular complexity index is 384. The largest absolute Gasteiger partial charge is 0.371 e. The lowest BCUT2D eigenvalue weighted by atomic mass is 9.88. The van der Waals surface area contributed by atoms with E-state index in [0.29, 0.717) is 0 Å². The predicted octanol–water partition coefficient (Wildman–Crippen LogP) is 3.20. The molecule has 0 unspecified atom stereocenters. The minimum absolute atomic E-state index is 0.287. The summed E-state index contributed by atoms with van der Waals surface area (Å²) in [6.07, 6.45) is 4.97. The Morgan fingerprint density at radius 2 is 2.06 bits per heavy atom. The number of benzene rings is 1. The minimum Gasteiger partial charge on any atom is -0.371 e. The number of anilines is 1. The summed E-state index contributed by atoms with van der Waals surface area (Å²) in [5, 5.41) is 0. The van der Waals surface area contributed by atoms with Crippen molar-refractivity contribution < 1.29 is 0 Å². The second-order valence-corrected chi connectivity index (χ2v) is 6.19. The molecule has 1 heterocycles. The molecule has 0 saturated heterocycles. The number of nitrogens with zero attached hydrogens (tertiary/aromatic N) is 1. The monoisotopic (exact) mass is 246 g/mol. The molecule has 0 amide bonds. The van der Waals surface area contributed by atoms with Crippen molar-refractivity contribution in [1.82, 2.24) is 0 Å². The third-order valence-corrected chi connectivity index (χ3v) is 4.04. The van der Waals surface area contributed by atoms with Crippen molar-refractivity contribution in [2.75, 3.05) is 24.5 Å². The molecule has 1 aliphatic rings. The molecule has 18 heavy (non-hydrogen) atoms. The molecule has 0 aliphatic carbocycles. The summed E-state index contributed by atoms with van der Waals surface area (Å²) < 4.78 is 0. The molecule has 1 aromatic rings. The van der Waals surface area contributed by atoms with Crippen LogP contribution in [0.3, 0.4) is 0 Å². The van der Waals surface area contributed by atoms with Gasteiger partial charge < -0.3 is 10.6 Å². The van der Waals surface area contributed by atoms with Crippen LogP contribution in [-0.2, 0) is 6.42 Å². The first kappa shape index (κ1) is 13.4. The van der Waals surface area contributed by atoms with E-state index >= 15 is 0 Å². The SMILES string of the molecule is CC(C)(CN)CCCN1CCCc2ccccc21. The van der Waals surface area contributed by atoms with E-state index in [1.807, 2.05) is 0 Å². The van der Waals surface area contributed by atoms with Gasteiger partial charge in [-0.05, 0) is 49.3 Å². The maximum atomic E-state index is 5.79. The average molecular weight is 246 g/mol. The number of nitrogens with two attached hydrogens (primary N) is 1. The summed E-state index contributed by atoms with van der Waals surface area (Å²) in [5.74, 6) is 0. The Balaban J connectivity index is 1.92. The quantitative estimate of drug-likeness (QED) is 0.864. The third kappa shape index (κ3) is 3.26. The van der Waals surface area contributed by atoms with Crippen LogP contribution in [0.15, 0.2) is 24.3 Å². The second-order valence-electron chi connectivity index (χ2n) is 6.19. The number of para-hydroxylation sites is 1. The van der Waals surface area contributed by atoms with Crippen LogP contribution >= 0.6 is 0 Å². The van der Waals surface area contributed by atoms with E-state index in [-0.39, 0.29) is 5.41 Å². The summed E-state index contributed by atoms with van der Waals surface area (Å²) in [6, 6.07) is 8.84. The number of hydrogen-bond acceptors (Lipinski definition) is 2. The normalized spacial score (nSPS) is 15.6. The van der Waals surface area contributed by atoms with Crippen molar-refractivity contribution in [3.05, 3.63) is 29.8 Å². The molecule has 2 rings (SSSR count). The zero-order chi connectivity index (χ0) is 13.0. The van der Waals surface area contributed by atoms with Gasteiger partial charge >= 0.3 is 0 Å². The van der Waals surface area contributed by atoms with Crippen LogP contribution in [0.5, 0.6) is 0 Å². The molecule has 1 aromatic carbocycles. The standard InChI is InChI=1S/C16H26N2/c1-16(2,13-17)10-6-12-18-11-5-8-14-7-3-4-9-15(14)18/h3-4,7,9H,5-6,8,10-13,17H2,1-2H3. The van der Waals surface area contributed by atoms with Gasteiger partial charge in [-0.1, -0.05) is 32.0 Å². The molecule has 0 saturated carbocycles. The van der Waals surface area contributed by atoms with Gasteiger partial charge in [-0.15, -0.1) is 0 Å². The van der Waals surface area contributed by atoms with Crippen LogP contribution < -0.4 is 10.6 Å². The first-order valence-corrected chi connectivity index (χ1v) is 7.15. The topological polar surface area (TPSA) is 29.3 Å². The van der Waals surface area contributed by atoms with Gasteiger partial charge in [0.15, 0.2) is 0 Å². The molecule has 0 fully saturated rings. The van der Waals surface area contributed by atoms with Gasteiger partial charge in [0.1, 0.15) is 0 Å². The van der Waals surface area contributed by atoms with Crippen molar-refractivity contribution in [2.45, 2.75) is 39.5 Å². The average Bonchev–Trinajstić information content (AvgIpc) is 2.39. The Morgan fingerprint density at radius 1 is 1.28 bits per heavy atom. The van der Waals surface area contributed by atoms with Gasteiger partial charge in [-0.3, -0.25) is 0 Å². The number of aryl methyl sites for hydroxylation is 1. The lowest BCUT2D eigenvalue weighted by molar-refractivity contribution is 0.337. The highest BCUT2D eigenvalue weighted by Crippen LogP contribution is 2.28. The highest BCUT2D eigenvalue weighted by molar-refractivity contribution is 5.55. The molecule has 0 spiro atoms. The van der Waals surface area contributed by atoms with Crippen LogP contribution in [0.2, 0.25) is 0 Å². The molecule has 2 heteroatoms. The number of rotatable bonds is 5. The predicted molar refractivity (Wildman–Crippen MR) is 79.0 cm³/mol. The zero-order valence-electron chi connectivity index (χ0n) is 11.8. The van der Waals surface area contributed by atoms with Crippen LogP contribution in [0, 0.1) is 5.41 Å². The number of hydrogen-bond donors (Lipinski definition) is 1. The minimum atomic E-state index is 0.287. The summed E-state index contributed by atoms with van der Waals surface area (Å²) in [4.78, 5) is 2.55. The van der Waals surface area contributed by atoms with Gasteiger partial charge in [0.25, 0.3) is 0 Å². The van der Waals surface area contributed by atoms with Crippen molar-refractivity contribution >= 4 is 5.69 Å². The molecule has 100 valence electrons. The smallest absolute Gasteiger partial charge is 0.0398 e. The van der Waals surface area contributed by atoms with Crippen molar-refractivity contribution in [1.29, 1.82) is 0 Å². The number of fused-ring (bicyclic) bond motifs is 1. The van der Waals surface area contributed by atoms with Crippen LogP contribution in [0.1, 0.15) is 38.7 Å². The molecule has 1 aliphatic heterocycles.